The number of hydrogen-bond acceptors (Lipinski definition) is 4. The van der Waals surface area contributed by atoms with Crippen LogP contribution in [0.2, 0.25) is 0 Å². The lowest BCUT2D eigenvalue weighted by molar-refractivity contribution is 0.509. The van der Waals surface area contributed by atoms with E-state index in [1.165, 1.54) is 24.4 Å². The molecule has 0 amide bonds. The molecule has 1 aromatic heterocycles. The number of nitrogens with zero attached hydrogens (tertiary/aromatic N) is 2. The van der Waals surface area contributed by atoms with Crippen molar-refractivity contribution in [2.24, 2.45) is 0 Å². The molecule has 0 fully saturated rings. The lowest BCUT2D eigenvalue weighted by Gasteiger charge is -2.01. The monoisotopic (exact) mass is 386 g/mol. The Kier molecular flexibility index (Phi) is 5.95. The third-order valence-corrected chi connectivity index (χ3v) is 4.78. The zero-order valence-electron chi connectivity index (χ0n) is 12.5. The van der Waals surface area contributed by atoms with Crippen LogP contribution < -0.4 is 4.72 Å². The highest BCUT2D eigenvalue weighted by Gasteiger charge is 2.18. The fourth-order valence-electron chi connectivity index (χ4n) is 1.70. The number of thiazole rings is 1. The van der Waals surface area contributed by atoms with Crippen LogP contribution in [0, 0.1) is 23.3 Å². The summed E-state index contributed by atoms with van der Waals surface area (Å²) >= 11 is 0.440. The molecule has 2 rings (SSSR count). The van der Waals surface area contributed by atoms with E-state index < -0.39 is 26.8 Å². The number of benzene rings is 1. The van der Waals surface area contributed by atoms with Crippen LogP contribution in [0.5, 0.6) is 0 Å². The van der Waals surface area contributed by atoms with Crippen molar-refractivity contribution in [2.75, 3.05) is 10.5 Å². The third-order valence-electron chi connectivity index (χ3n) is 2.76. The Morgan fingerprint density at radius 1 is 1.24 bits per heavy atom. The van der Waals surface area contributed by atoms with Crippen molar-refractivity contribution in [1.29, 1.82) is 0 Å². The molecule has 5 nitrogen and oxygen atoms in total. The van der Waals surface area contributed by atoms with Crippen LogP contribution in [0.3, 0.4) is 0 Å². The average Bonchev–Trinajstić information content (AvgIpc) is 2.89. The lowest BCUT2D eigenvalue weighted by atomic mass is 10.1. The molecule has 0 saturated heterocycles. The molecule has 130 valence electrons. The molecule has 1 N–H and O–H groups in total. The van der Waals surface area contributed by atoms with Gasteiger partial charge < -0.3 is 0 Å². The van der Waals surface area contributed by atoms with Gasteiger partial charge in [0, 0.05) is 11.6 Å². The third kappa shape index (κ3) is 5.17. The van der Waals surface area contributed by atoms with E-state index in [1.807, 2.05) is 0 Å². The van der Waals surface area contributed by atoms with Crippen LogP contribution in [-0.4, -0.2) is 19.2 Å². The van der Waals surface area contributed by atoms with E-state index >= 15 is 0 Å². The number of nitrogens with one attached hydrogen (secondary N) is 1. The SMILES string of the molecule is C#[N+]/C=C\C=C/CS(=O)(=O)Nc1nc(-c2ccc(F)c(F)c2)c(F)s1. The minimum atomic E-state index is -3.81. The van der Waals surface area contributed by atoms with Crippen LogP contribution in [0.1, 0.15) is 0 Å². The van der Waals surface area contributed by atoms with Crippen molar-refractivity contribution in [3.8, 4) is 17.8 Å². The molecule has 0 aliphatic heterocycles. The molecular weight excluding hydrogens is 375 g/mol. The van der Waals surface area contributed by atoms with Crippen molar-refractivity contribution < 1.29 is 21.6 Å². The van der Waals surface area contributed by atoms with E-state index in [1.54, 1.807) is 0 Å². The van der Waals surface area contributed by atoms with Gasteiger partial charge in [-0.1, -0.05) is 23.5 Å². The predicted octanol–water partition coefficient (Wildman–Crippen LogP) is 4.00. The molecule has 0 atom stereocenters. The minimum absolute atomic E-state index is 0.00587. The van der Waals surface area contributed by atoms with Gasteiger partial charge in [-0.3, -0.25) is 4.72 Å². The topological polar surface area (TPSA) is 63.4 Å². The van der Waals surface area contributed by atoms with Crippen molar-refractivity contribution in [3.05, 3.63) is 64.2 Å². The van der Waals surface area contributed by atoms with E-state index in [4.69, 9.17) is 6.57 Å². The molecule has 0 unspecified atom stereocenters. The summed E-state index contributed by atoms with van der Waals surface area (Å²) in [6.45, 7) is 4.87. The maximum absolute atomic E-state index is 14.0. The number of sulfonamides is 1. The smallest absolute Gasteiger partial charge is 0.258 e. The maximum Gasteiger partial charge on any atom is 0.305 e. The zero-order valence-corrected chi connectivity index (χ0v) is 14.1. The van der Waals surface area contributed by atoms with E-state index in [-0.39, 0.29) is 22.1 Å². The van der Waals surface area contributed by atoms with Gasteiger partial charge in [-0.25, -0.2) is 22.2 Å². The molecule has 10 heteroatoms. The van der Waals surface area contributed by atoms with Gasteiger partial charge in [0.2, 0.25) is 15.2 Å². The standard InChI is InChI=1S/C15H11F3N3O2S2/c1-19-7-3-2-4-8-25(22,23)21-15-20-13(14(18)24-15)10-5-6-11(16)12(17)9-10/h1-7,9H,8H2,(H,20,21)/q+1/b4-2-,7-3-. The number of rotatable bonds is 6. The normalized spacial score (nSPS) is 11.9. The minimum Gasteiger partial charge on any atom is -0.258 e. The van der Waals surface area contributed by atoms with Crippen LogP contribution in [-0.2, 0) is 10.0 Å². The molecule has 2 aromatic rings. The lowest BCUT2D eigenvalue weighted by Crippen LogP contribution is -2.15. The van der Waals surface area contributed by atoms with E-state index in [0.717, 1.165) is 18.2 Å². The molecular formula is C15H11F3N3O2S2+. The Bertz CT molecular complexity index is 976. The van der Waals surface area contributed by atoms with E-state index in [2.05, 4.69) is 14.6 Å². The highest BCUT2D eigenvalue weighted by molar-refractivity contribution is 7.93. The Labute approximate surface area is 146 Å². The molecule has 0 radical (unpaired) electrons. The van der Waals surface area contributed by atoms with Gasteiger partial charge in [-0.05, 0) is 23.0 Å². The van der Waals surface area contributed by atoms with E-state index in [9.17, 15) is 21.6 Å². The first kappa shape index (κ1) is 18.7. The second-order valence-corrected chi connectivity index (χ2v) is 7.29. The Balaban J connectivity index is 2.16. The van der Waals surface area contributed by atoms with Crippen molar-refractivity contribution in [1.82, 2.24) is 4.98 Å². The van der Waals surface area contributed by atoms with E-state index in [0.29, 0.717) is 11.3 Å². The molecule has 1 aromatic carbocycles. The maximum atomic E-state index is 14.0. The molecule has 0 aliphatic rings. The summed E-state index contributed by atoms with van der Waals surface area (Å²) in [5.74, 6) is -2.62. The summed E-state index contributed by atoms with van der Waals surface area (Å²) in [6.07, 6.45) is 5.44. The first-order valence-electron chi connectivity index (χ1n) is 6.66. The highest BCUT2D eigenvalue weighted by atomic mass is 32.2. The summed E-state index contributed by atoms with van der Waals surface area (Å²) in [6, 6.07) is 2.76. The number of aromatic nitrogens is 1. The van der Waals surface area contributed by atoms with Gasteiger partial charge in [0.1, 0.15) is 5.69 Å². The van der Waals surface area contributed by atoms with Gasteiger partial charge in [0.25, 0.3) is 6.57 Å². The van der Waals surface area contributed by atoms with Crippen LogP contribution in [0.15, 0.2) is 42.6 Å². The summed E-state index contributed by atoms with van der Waals surface area (Å²) in [5, 5.41) is -1.05. The van der Waals surface area contributed by atoms with Gasteiger partial charge in [0.15, 0.2) is 16.8 Å². The number of halogens is 3. The number of hydrogen-bond donors (Lipinski definition) is 1. The Morgan fingerprint density at radius 3 is 2.68 bits per heavy atom. The molecule has 1 heterocycles. The zero-order chi connectivity index (χ0) is 18.4. The van der Waals surface area contributed by atoms with Gasteiger partial charge in [-0.15, -0.1) is 0 Å². The predicted molar refractivity (Wildman–Crippen MR) is 91.4 cm³/mol. The molecule has 0 aliphatic carbocycles. The first-order chi connectivity index (χ1) is 11.8. The second-order valence-electron chi connectivity index (χ2n) is 4.57. The van der Waals surface area contributed by atoms with Crippen molar-refractivity contribution in [2.45, 2.75) is 0 Å². The first-order valence-corrected chi connectivity index (χ1v) is 9.13. The van der Waals surface area contributed by atoms with Crippen molar-refractivity contribution >= 4 is 26.5 Å². The number of allylic oxidation sites excluding steroid dienone is 2. The van der Waals surface area contributed by atoms with Crippen LogP contribution >= 0.6 is 11.3 Å². The average molecular weight is 386 g/mol. The highest BCUT2D eigenvalue weighted by Crippen LogP contribution is 2.30. The summed E-state index contributed by atoms with van der Waals surface area (Å²) < 4.78 is 66.0. The Morgan fingerprint density at radius 2 is 2.00 bits per heavy atom. The largest absolute Gasteiger partial charge is 0.305 e. The summed E-state index contributed by atoms with van der Waals surface area (Å²) in [4.78, 5) is 6.98. The molecule has 0 bridgehead atoms. The van der Waals surface area contributed by atoms with Gasteiger partial charge in [-0.2, -0.15) is 4.39 Å². The molecule has 25 heavy (non-hydrogen) atoms. The Hall–Kier alpha value is -2.64. The summed E-state index contributed by atoms with van der Waals surface area (Å²) in [5.41, 5.74) is -0.279. The van der Waals surface area contributed by atoms with Crippen LogP contribution in [0.4, 0.5) is 18.3 Å². The summed E-state index contributed by atoms with van der Waals surface area (Å²) in [7, 11) is -3.81. The van der Waals surface area contributed by atoms with Crippen LogP contribution in [0.25, 0.3) is 16.1 Å². The fraction of sp³-hybridized carbons (Fsp3) is 0.0667. The van der Waals surface area contributed by atoms with Gasteiger partial charge >= 0.3 is 6.20 Å². The van der Waals surface area contributed by atoms with Gasteiger partial charge in [0.05, 0.1) is 5.75 Å². The molecule has 0 saturated carbocycles. The molecule has 0 spiro atoms. The fourth-order valence-corrected chi connectivity index (χ4v) is 3.58. The quantitative estimate of drug-likeness (QED) is 0.764. The number of anilines is 1. The second kappa shape index (κ2) is 7.96. The van der Waals surface area contributed by atoms with Crippen molar-refractivity contribution in [3.63, 3.8) is 0 Å².